The molecule has 0 spiro atoms. The highest BCUT2D eigenvalue weighted by Crippen LogP contribution is 2.22. The zero-order valence-corrected chi connectivity index (χ0v) is 16.5. The minimum absolute atomic E-state index is 0.0296. The van der Waals surface area contributed by atoms with Crippen LogP contribution in [0.5, 0.6) is 5.75 Å². The van der Waals surface area contributed by atoms with E-state index in [0.29, 0.717) is 19.4 Å². The Morgan fingerprint density at radius 3 is 2.07 bits per heavy atom. The third-order valence-corrected chi connectivity index (χ3v) is 4.71. The Labute approximate surface area is 167 Å². The first kappa shape index (κ1) is 19.7. The monoisotopic (exact) mass is 373 g/mol. The van der Waals surface area contributed by atoms with Crippen molar-refractivity contribution in [1.82, 2.24) is 5.32 Å². The summed E-state index contributed by atoms with van der Waals surface area (Å²) < 4.78 is 5.84. The molecule has 3 aromatic carbocycles. The van der Waals surface area contributed by atoms with Crippen LogP contribution in [-0.4, -0.2) is 12.5 Å². The van der Waals surface area contributed by atoms with Gasteiger partial charge in [0.2, 0.25) is 5.91 Å². The molecule has 1 amide bonds. The molecule has 3 heteroatoms. The first-order chi connectivity index (χ1) is 13.6. The summed E-state index contributed by atoms with van der Waals surface area (Å²) in [5.74, 6) is 0.916. The second-order valence-electron chi connectivity index (χ2n) is 7.04. The second kappa shape index (κ2) is 9.75. The van der Waals surface area contributed by atoms with Crippen molar-refractivity contribution in [3.05, 3.63) is 101 Å². The zero-order valence-electron chi connectivity index (χ0n) is 16.5. The van der Waals surface area contributed by atoms with Crippen molar-refractivity contribution in [2.75, 3.05) is 6.61 Å². The van der Waals surface area contributed by atoms with E-state index in [9.17, 15) is 4.79 Å². The third kappa shape index (κ3) is 5.46. The van der Waals surface area contributed by atoms with Gasteiger partial charge < -0.3 is 10.1 Å². The van der Waals surface area contributed by atoms with Crippen molar-refractivity contribution in [1.29, 1.82) is 0 Å². The Hall–Kier alpha value is -3.07. The van der Waals surface area contributed by atoms with E-state index in [0.717, 1.165) is 22.4 Å². The van der Waals surface area contributed by atoms with Crippen LogP contribution >= 0.6 is 0 Å². The highest BCUT2D eigenvalue weighted by atomic mass is 16.5. The van der Waals surface area contributed by atoms with Gasteiger partial charge in [-0.1, -0.05) is 78.4 Å². The van der Waals surface area contributed by atoms with Gasteiger partial charge in [0.15, 0.2) is 0 Å². The van der Waals surface area contributed by atoms with Gasteiger partial charge in [-0.25, -0.2) is 0 Å². The molecule has 0 aliphatic rings. The Morgan fingerprint density at radius 2 is 1.50 bits per heavy atom. The molecule has 28 heavy (non-hydrogen) atoms. The Balaban J connectivity index is 1.55. The Kier molecular flexibility index (Phi) is 6.85. The van der Waals surface area contributed by atoms with Crippen molar-refractivity contribution >= 4 is 5.91 Å². The van der Waals surface area contributed by atoms with Crippen LogP contribution in [0.4, 0.5) is 0 Å². The highest BCUT2D eigenvalue weighted by Gasteiger charge is 2.16. The van der Waals surface area contributed by atoms with E-state index in [4.69, 9.17) is 4.74 Å². The van der Waals surface area contributed by atoms with Gasteiger partial charge in [0.05, 0.1) is 12.6 Å². The van der Waals surface area contributed by atoms with E-state index >= 15 is 0 Å². The Bertz CT molecular complexity index is 851. The van der Waals surface area contributed by atoms with Gasteiger partial charge in [0.1, 0.15) is 5.75 Å². The standard InChI is InChI=1S/C25H27NO2/c1-19-15-16-23(20(2)18-19)28-17-9-14-24(27)26-25(21-10-5-3-6-11-21)22-12-7-4-8-13-22/h3-8,10-13,15-16,18,25H,9,14,17H2,1-2H3,(H,26,27). The fourth-order valence-corrected chi connectivity index (χ4v) is 3.26. The van der Waals surface area contributed by atoms with E-state index < -0.39 is 0 Å². The van der Waals surface area contributed by atoms with Gasteiger partial charge in [-0.2, -0.15) is 0 Å². The van der Waals surface area contributed by atoms with E-state index in [1.54, 1.807) is 0 Å². The molecular formula is C25H27NO2. The number of carbonyl (C=O) groups is 1. The van der Waals surface area contributed by atoms with Gasteiger partial charge in [-0.15, -0.1) is 0 Å². The number of aryl methyl sites for hydroxylation is 2. The van der Waals surface area contributed by atoms with Crippen molar-refractivity contribution in [3.63, 3.8) is 0 Å². The van der Waals surface area contributed by atoms with Gasteiger partial charge in [0.25, 0.3) is 0 Å². The van der Waals surface area contributed by atoms with Crippen molar-refractivity contribution < 1.29 is 9.53 Å². The van der Waals surface area contributed by atoms with Crippen LogP contribution < -0.4 is 10.1 Å². The van der Waals surface area contributed by atoms with Crippen molar-refractivity contribution in [3.8, 4) is 5.75 Å². The van der Waals surface area contributed by atoms with Gasteiger partial charge in [-0.05, 0) is 43.0 Å². The summed E-state index contributed by atoms with van der Waals surface area (Å²) in [6, 6.07) is 26.1. The number of hydrogen-bond donors (Lipinski definition) is 1. The summed E-state index contributed by atoms with van der Waals surface area (Å²) in [6.45, 7) is 4.63. The average Bonchev–Trinajstić information content (AvgIpc) is 2.72. The van der Waals surface area contributed by atoms with E-state index in [-0.39, 0.29) is 11.9 Å². The zero-order chi connectivity index (χ0) is 19.8. The first-order valence-electron chi connectivity index (χ1n) is 9.73. The lowest BCUT2D eigenvalue weighted by atomic mass is 9.98. The molecule has 0 unspecified atom stereocenters. The number of rotatable bonds is 8. The first-order valence-corrected chi connectivity index (χ1v) is 9.73. The molecule has 0 bridgehead atoms. The average molecular weight is 373 g/mol. The molecule has 0 aliphatic carbocycles. The predicted octanol–water partition coefficient (Wildman–Crippen LogP) is 5.37. The summed E-state index contributed by atoms with van der Waals surface area (Å²) in [7, 11) is 0. The normalized spacial score (nSPS) is 10.7. The summed E-state index contributed by atoms with van der Waals surface area (Å²) >= 11 is 0. The van der Waals surface area contributed by atoms with Crippen LogP contribution in [-0.2, 0) is 4.79 Å². The largest absolute Gasteiger partial charge is 0.493 e. The fraction of sp³-hybridized carbons (Fsp3) is 0.240. The Morgan fingerprint density at radius 1 is 0.893 bits per heavy atom. The quantitative estimate of drug-likeness (QED) is 0.539. The van der Waals surface area contributed by atoms with Crippen molar-refractivity contribution in [2.45, 2.75) is 32.7 Å². The molecule has 0 heterocycles. The van der Waals surface area contributed by atoms with Crippen LogP contribution in [0.1, 0.15) is 41.1 Å². The molecule has 144 valence electrons. The molecule has 0 fully saturated rings. The molecule has 0 radical (unpaired) electrons. The van der Waals surface area contributed by atoms with Gasteiger partial charge in [0, 0.05) is 6.42 Å². The van der Waals surface area contributed by atoms with Crippen LogP contribution in [0.25, 0.3) is 0 Å². The van der Waals surface area contributed by atoms with E-state index in [1.165, 1.54) is 5.56 Å². The van der Waals surface area contributed by atoms with Crippen LogP contribution in [0.2, 0.25) is 0 Å². The number of benzene rings is 3. The summed E-state index contributed by atoms with van der Waals surface area (Å²) in [5.41, 5.74) is 4.50. The van der Waals surface area contributed by atoms with Crippen molar-refractivity contribution in [2.24, 2.45) is 0 Å². The third-order valence-electron chi connectivity index (χ3n) is 4.71. The number of amides is 1. The van der Waals surface area contributed by atoms with Gasteiger partial charge in [-0.3, -0.25) is 4.79 Å². The topological polar surface area (TPSA) is 38.3 Å². The number of nitrogens with one attached hydrogen (secondary N) is 1. The van der Waals surface area contributed by atoms with Crippen LogP contribution in [0, 0.1) is 13.8 Å². The number of ether oxygens (including phenoxy) is 1. The molecule has 0 saturated carbocycles. The van der Waals surface area contributed by atoms with E-state index in [1.807, 2.05) is 79.7 Å². The van der Waals surface area contributed by atoms with Crippen LogP contribution in [0.15, 0.2) is 78.9 Å². The summed E-state index contributed by atoms with van der Waals surface area (Å²) in [6.07, 6.45) is 1.11. The van der Waals surface area contributed by atoms with E-state index in [2.05, 4.69) is 18.3 Å². The maximum atomic E-state index is 12.6. The molecule has 0 saturated heterocycles. The fourth-order valence-electron chi connectivity index (χ4n) is 3.26. The molecule has 0 aromatic heterocycles. The SMILES string of the molecule is Cc1ccc(OCCCC(=O)NC(c2ccccc2)c2ccccc2)c(C)c1. The molecule has 1 N–H and O–H groups in total. The minimum atomic E-state index is -0.143. The highest BCUT2D eigenvalue weighted by molar-refractivity contribution is 5.77. The molecule has 0 atom stereocenters. The maximum Gasteiger partial charge on any atom is 0.220 e. The lowest BCUT2D eigenvalue weighted by Crippen LogP contribution is -2.29. The lowest BCUT2D eigenvalue weighted by molar-refractivity contribution is -0.121. The lowest BCUT2D eigenvalue weighted by Gasteiger charge is -2.20. The second-order valence-corrected chi connectivity index (χ2v) is 7.04. The van der Waals surface area contributed by atoms with Crippen LogP contribution in [0.3, 0.4) is 0 Å². The molecule has 3 aromatic rings. The summed E-state index contributed by atoms with van der Waals surface area (Å²) in [4.78, 5) is 12.6. The summed E-state index contributed by atoms with van der Waals surface area (Å²) in [5, 5.41) is 3.17. The van der Waals surface area contributed by atoms with Gasteiger partial charge >= 0.3 is 0 Å². The smallest absolute Gasteiger partial charge is 0.220 e. The molecular weight excluding hydrogens is 346 g/mol. The predicted molar refractivity (Wildman–Crippen MR) is 114 cm³/mol. The minimum Gasteiger partial charge on any atom is -0.493 e. The molecule has 3 rings (SSSR count). The molecule has 0 aliphatic heterocycles. The number of hydrogen-bond acceptors (Lipinski definition) is 2. The molecule has 3 nitrogen and oxygen atoms in total. The number of carbonyl (C=O) groups excluding carboxylic acids is 1. The maximum absolute atomic E-state index is 12.6.